The van der Waals surface area contributed by atoms with E-state index >= 15 is 0 Å². The number of amides is 2. The number of benzene rings is 1. The van der Waals surface area contributed by atoms with Crippen LogP contribution < -0.4 is 11.1 Å². The number of cyclic esters (lactones) is 1. The van der Waals surface area contributed by atoms with Gasteiger partial charge in [-0.05, 0) is 79.5 Å². The molecule has 1 saturated heterocycles. The van der Waals surface area contributed by atoms with Crippen molar-refractivity contribution in [3.63, 3.8) is 0 Å². The Morgan fingerprint density at radius 2 is 1.89 bits per heavy atom. The summed E-state index contributed by atoms with van der Waals surface area (Å²) in [5.41, 5.74) is 10.5. The molecule has 0 unspecified atom stereocenters. The van der Waals surface area contributed by atoms with Gasteiger partial charge in [-0.2, -0.15) is 11.3 Å². The van der Waals surface area contributed by atoms with Crippen LogP contribution in [0, 0.1) is 5.92 Å². The highest BCUT2D eigenvalue weighted by molar-refractivity contribution is 7.08. The monoisotopic (exact) mass is 519 g/mol. The molecule has 194 valence electrons. The van der Waals surface area contributed by atoms with E-state index in [1.807, 2.05) is 60.5 Å². The van der Waals surface area contributed by atoms with Crippen molar-refractivity contribution in [1.29, 1.82) is 0 Å². The fourth-order valence-electron chi connectivity index (χ4n) is 5.22. The average molecular weight is 520 g/mol. The lowest BCUT2D eigenvalue weighted by Crippen LogP contribution is -2.39. The van der Waals surface area contributed by atoms with Gasteiger partial charge in [0.2, 0.25) is 5.91 Å². The zero-order valence-electron chi connectivity index (χ0n) is 21.3. The number of ether oxygens (including phenoxy) is 1. The summed E-state index contributed by atoms with van der Waals surface area (Å²) in [4.78, 5) is 26.6. The number of hydrogen-bond donors (Lipinski definition) is 2. The van der Waals surface area contributed by atoms with Crippen LogP contribution in [0.15, 0.2) is 47.2 Å². The summed E-state index contributed by atoms with van der Waals surface area (Å²) in [5.74, 6) is 0.684. The lowest BCUT2D eigenvalue weighted by molar-refractivity contribution is -0.117. The van der Waals surface area contributed by atoms with Gasteiger partial charge in [0.05, 0.1) is 6.54 Å². The van der Waals surface area contributed by atoms with Crippen LogP contribution in [0.25, 0.3) is 22.4 Å². The van der Waals surface area contributed by atoms with Gasteiger partial charge in [0.25, 0.3) is 0 Å². The molecule has 2 fully saturated rings. The molecule has 3 heterocycles. The molecule has 2 aliphatic rings. The summed E-state index contributed by atoms with van der Waals surface area (Å²) in [7, 11) is 0. The average Bonchev–Trinajstić information content (AvgIpc) is 3.56. The van der Waals surface area contributed by atoms with Gasteiger partial charge in [0, 0.05) is 29.1 Å². The molecule has 3 aromatic rings. The van der Waals surface area contributed by atoms with E-state index in [0.29, 0.717) is 31.3 Å². The number of rotatable bonds is 7. The second kappa shape index (κ2) is 10.6. The highest BCUT2D eigenvalue weighted by atomic mass is 32.1. The molecular weight excluding hydrogens is 486 g/mol. The van der Waals surface area contributed by atoms with Crippen LogP contribution in [0.3, 0.4) is 0 Å². The normalized spacial score (nSPS) is 20.1. The first kappa shape index (κ1) is 25.4. The zero-order valence-corrected chi connectivity index (χ0v) is 22.1. The van der Waals surface area contributed by atoms with Crippen molar-refractivity contribution >= 4 is 29.2 Å². The molecular formula is C28H33N5O3S. The molecule has 0 atom stereocenters. The fourth-order valence-corrected chi connectivity index (χ4v) is 5.87. The highest BCUT2D eigenvalue weighted by Gasteiger charge is 2.33. The maximum atomic E-state index is 12.9. The third-order valence-electron chi connectivity index (χ3n) is 7.32. The predicted octanol–water partition coefficient (Wildman–Crippen LogP) is 5.41. The minimum absolute atomic E-state index is 0.0584. The first-order chi connectivity index (χ1) is 17.8. The summed E-state index contributed by atoms with van der Waals surface area (Å²) in [6, 6.07) is 12.2. The lowest BCUT2D eigenvalue weighted by atomic mass is 9.83. The number of aromatic nitrogens is 2. The lowest BCUT2D eigenvalue weighted by Gasteiger charge is -2.32. The van der Waals surface area contributed by atoms with Crippen LogP contribution in [-0.4, -0.2) is 46.3 Å². The van der Waals surface area contributed by atoms with Gasteiger partial charge in [-0.3, -0.25) is 4.79 Å². The molecule has 37 heavy (non-hydrogen) atoms. The van der Waals surface area contributed by atoms with Crippen LogP contribution >= 0.6 is 11.3 Å². The van der Waals surface area contributed by atoms with Crippen molar-refractivity contribution in [3.8, 4) is 22.4 Å². The Kier molecular flexibility index (Phi) is 7.26. The topological polar surface area (TPSA) is 110 Å². The van der Waals surface area contributed by atoms with E-state index < -0.39 is 5.54 Å². The molecule has 5 rings (SSSR count). The number of thiophene rings is 1. The summed E-state index contributed by atoms with van der Waals surface area (Å²) in [6.07, 6.45) is 3.88. The van der Waals surface area contributed by atoms with Gasteiger partial charge < -0.3 is 20.7 Å². The number of carbonyl (C=O) groups is 2. The molecule has 1 aromatic carbocycles. The standard InChI is InChI=1S/C28H33N5O3S/c1-28(2,29)21-7-5-19(6-8-21)26-23(20-11-14-37-17-20)16-24(31-32-26)30-25(34)15-18-3-9-22(10-4-18)33-12-13-36-27(33)35/h5-8,11,14,16-18,22H,3-4,9-10,12-13,15,29H2,1-2H3,(H,30,31,34). The smallest absolute Gasteiger partial charge is 0.410 e. The van der Waals surface area contributed by atoms with Gasteiger partial charge in [-0.15, -0.1) is 10.2 Å². The Hall–Kier alpha value is -3.30. The Morgan fingerprint density at radius 3 is 2.51 bits per heavy atom. The van der Waals surface area contributed by atoms with E-state index in [9.17, 15) is 9.59 Å². The van der Waals surface area contributed by atoms with Crippen LogP contribution in [0.1, 0.15) is 51.5 Å². The Morgan fingerprint density at radius 1 is 1.14 bits per heavy atom. The van der Waals surface area contributed by atoms with E-state index in [1.54, 1.807) is 11.3 Å². The molecule has 0 bridgehead atoms. The van der Waals surface area contributed by atoms with Gasteiger partial charge in [0.15, 0.2) is 5.82 Å². The van der Waals surface area contributed by atoms with Gasteiger partial charge in [-0.25, -0.2) is 4.79 Å². The van der Waals surface area contributed by atoms with E-state index in [-0.39, 0.29) is 18.0 Å². The van der Waals surface area contributed by atoms with Crippen molar-refractivity contribution in [2.24, 2.45) is 11.7 Å². The van der Waals surface area contributed by atoms with Gasteiger partial charge in [-0.1, -0.05) is 24.3 Å². The van der Waals surface area contributed by atoms with E-state index in [2.05, 4.69) is 20.9 Å². The Labute approximate surface area is 221 Å². The fraction of sp³-hybridized carbons (Fsp3) is 0.429. The van der Waals surface area contributed by atoms with E-state index in [4.69, 9.17) is 10.5 Å². The largest absolute Gasteiger partial charge is 0.448 e. The number of hydrogen-bond acceptors (Lipinski definition) is 7. The predicted molar refractivity (Wildman–Crippen MR) is 145 cm³/mol. The highest BCUT2D eigenvalue weighted by Crippen LogP contribution is 2.34. The molecule has 2 aromatic heterocycles. The van der Waals surface area contributed by atoms with Crippen molar-refractivity contribution in [3.05, 3.63) is 52.7 Å². The molecule has 0 spiro atoms. The molecule has 2 amide bonds. The van der Waals surface area contributed by atoms with Crippen molar-refractivity contribution < 1.29 is 14.3 Å². The van der Waals surface area contributed by atoms with Crippen molar-refractivity contribution in [1.82, 2.24) is 15.1 Å². The Balaban J connectivity index is 1.26. The van der Waals surface area contributed by atoms with E-state index in [1.165, 1.54) is 0 Å². The number of nitrogens with zero attached hydrogens (tertiary/aromatic N) is 3. The van der Waals surface area contributed by atoms with Crippen LogP contribution in [0.2, 0.25) is 0 Å². The molecule has 1 aliphatic heterocycles. The first-order valence-electron chi connectivity index (χ1n) is 12.8. The SMILES string of the molecule is CC(C)(N)c1ccc(-c2nnc(NC(=O)CC3CCC(N4CCOC4=O)CC3)cc2-c2ccsc2)cc1. The van der Waals surface area contributed by atoms with Gasteiger partial charge >= 0.3 is 6.09 Å². The minimum atomic E-state index is -0.423. The van der Waals surface area contributed by atoms with Crippen molar-refractivity contribution in [2.75, 3.05) is 18.5 Å². The summed E-state index contributed by atoms with van der Waals surface area (Å²) in [6.45, 7) is 5.10. The maximum absolute atomic E-state index is 12.9. The van der Waals surface area contributed by atoms with Crippen LogP contribution in [0.4, 0.5) is 10.6 Å². The third-order valence-corrected chi connectivity index (χ3v) is 8.00. The summed E-state index contributed by atoms with van der Waals surface area (Å²) in [5, 5.41) is 15.9. The maximum Gasteiger partial charge on any atom is 0.410 e. The third kappa shape index (κ3) is 5.83. The number of nitrogens with one attached hydrogen (secondary N) is 1. The molecule has 9 heteroatoms. The second-order valence-corrected chi connectivity index (χ2v) is 11.3. The minimum Gasteiger partial charge on any atom is -0.448 e. The first-order valence-corrected chi connectivity index (χ1v) is 13.8. The molecule has 8 nitrogen and oxygen atoms in total. The van der Waals surface area contributed by atoms with Gasteiger partial charge in [0.1, 0.15) is 12.3 Å². The molecule has 3 N–H and O–H groups in total. The molecule has 0 radical (unpaired) electrons. The summed E-state index contributed by atoms with van der Waals surface area (Å²) < 4.78 is 5.07. The Bertz CT molecular complexity index is 1250. The molecule has 1 saturated carbocycles. The number of carbonyl (C=O) groups excluding carboxylic acids is 2. The van der Waals surface area contributed by atoms with Crippen LogP contribution in [-0.2, 0) is 15.1 Å². The number of anilines is 1. The summed E-state index contributed by atoms with van der Waals surface area (Å²) >= 11 is 1.61. The van der Waals surface area contributed by atoms with E-state index in [0.717, 1.165) is 53.6 Å². The van der Waals surface area contributed by atoms with Crippen LogP contribution in [0.5, 0.6) is 0 Å². The quantitative estimate of drug-likeness (QED) is 0.432. The zero-order chi connectivity index (χ0) is 26.0. The van der Waals surface area contributed by atoms with Crippen molar-refractivity contribution in [2.45, 2.75) is 57.5 Å². The number of nitrogens with two attached hydrogens (primary N) is 1. The molecule has 1 aliphatic carbocycles. The second-order valence-electron chi connectivity index (χ2n) is 10.5.